The number of para-hydroxylation sites is 1. The lowest BCUT2D eigenvalue weighted by Crippen LogP contribution is -2.25. The van der Waals surface area contributed by atoms with Crippen LogP contribution in [-0.4, -0.2) is 22.6 Å². The molecular weight excluding hydrogens is 248 g/mol. The van der Waals surface area contributed by atoms with Gasteiger partial charge in [0.15, 0.2) is 0 Å². The second-order valence-corrected chi connectivity index (χ2v) is 5.44. The smallest absolute Gasteiger partial charge is 0.138 e. The SMILES string of the molecule is CC(C)Nc1cc(N2CCCc3ccccc32)ncn1. The number of aromatic nitrogens is 2. The van der Waals surface area contributed by atoms with E-state index in [0.717, 1.165) is 31.0 Å². The molecule has 4 heteroatoms. The molecule has 1 aliphatic rings. The molecule has 1 aromatic heterocycles. The fourth-order valence-corrected chi connectivity index (χ4v) is 2.64. The zero-order chi connectivity index (χ0) is 13.9. The molecule has 20 heavy (non-hydrogen) atoms. The molecule has 104 valence electrons. The topological polar surface area (TPSA) is 41.0 Å². The average molecular weight is 268 g/mol. The van der Waals surface area contributed by atoms with Crippen LogP contribution in [0.15, 0.2) is 36.7 Å². The van der Waals surface area contributed by atoms with Crippen LogP contribution in [0, 0.1) is 0 Å². The highest BCUT2D eigenvalue weighted by atomic mass is 15.2. The van der Waals surface area contributed by atoms with E-state index in [1.807, 2.05) is 6.07 Å². The maximum atomic E-state index is 4.44. The van der Waals surface area contributed by atoms with Crippen LogP contribution in [0.3, 0.4) is 0 Å². The third-order valence-electron chi connectivity index (χ3n) is 3.48. The minimum Gasteiger partial charge on any atom is -0.368 e. The number of benzene rings is 1. The Labute approximate surface area is 119 Å². The van der Waals surface area contributed by atoms with Crippen LogP contribution in [0.5, 0.6) is 0 Å². The molecule has 0 radical (unpaired) electrons. The Balaban J connectivity index is 1.94. The van der Waals surface area contributed by atoms with Gasteiger partial charge in [-0.15, -0.1) is 0 Å². The minimum absolute atomic E-state index is 0.367. The van der Waals surface area contributed by atoms with E-state index in [0.29, 0.717) is 6.04 Å². The van der Waals surface area contributed by atoms with Crippen LogP contribution in [0.25, 0.3) is 0 Å². The van der Waals surface area contributed by atoms with E-state index in [1.165, 1.54) is 11.3 Å². The standard InChI is InChI=1S/C16H20N4/c1-12(2)19-15-10-16(18-11-17-15)20-9-5-7-13-6-3-4-8-14(13)20/h3-4,6,8,10-12H,5,7,9H2,1-2H3,(H,17,18,19). The molecule has 2 heterocycles. The number of aryl methyl sites for hydroxylation is 1. The van der Waals surface area contributed by atoms with E-state index < -0.39 is 0 Å². The zero-order valence-electron chi connectivity index (χ0n) is 12.0. The molecule has 0 aliphatic carbocycles. The summed E-state index contributed by atoms with van der Waals surface area (Å²) in [5, 5.41) is 3.33. The van der Waals surface area contributed by atoms with Gasteiger partial charge in [0.1, 0.15) is 18.0 Å². The Hall–Kier alpha value is -2.10. The predicted octanol–water partition coefficient (Wildman–Crippen LogP) is 3.38. The van der Waals surface area contributed by atoms with Gasteiger partial charge in [0, 0.05) is 24.3 Å². The monoisotopic (exact) mass is 268 g/mol. The van der Waals surface area contributed by atoms with Gasteiger partial charge < -0.3 is 10.2 Å². The molecule has 2 aromatic rings. The zero-order valence-corrected chi connectivity index (χ0v) is 12.0. The van der Waals surface area contributed by atoms with Crippen LogP contribution >= 0.6 is 0 Å². The number of fused-ring (bicyclic) bond motifs is 1. The van der Waals surface area contributed by atoms with Crippen molar-refractivity contribution < 1.29 is 0 Å². The molecular formula is C16H20N4. The van der Waals surface area contributed by atoms with E-state index in [-0.39, 0.29) is 0 Å². The van der Waals surface area contributed by atoms with Crippen molar-refractivity contribution in [2.45, 2.75) is 32.7 Å². The lowest BCUT2D eigenvalue weighted by atomic mass is 10.0. The molecule has 0 atom stereocenters. The van der Waals surface area contributed by atoms with Crippen molar-refractivity contribution in [3.63, 3.8) is 0 Å². The summed E-state index contributed by atoms with van der Waals surface area (Å²) in [4.78, 5) is 11.0. The van der Waals surface area contributed by atoms with Crippen molar-refractivity contribution in [2.24, 2.45) is 0 Å². The summed E-state index contributed by atoms with van der Waals surface area (Å²) in [6, 6.07) is 11.0. The summed E-state index contributed by atoms with van der Waals surface area (Å²) < 4.78 is 0. The maximum absolute atomic E-state index is 4.44. The molecule has 3 rings (SSSR count). The largest absolute Gasteiger partial charge is 0.368 e. The Morgan fingerprint density at radius 3 is 2.90 bits per heavy atom. The molecule has 0 amide bonds. The number of anilines is 3. The molecule has 0 fully saturated rings. The maximum Gasteiger partial charge on any atom is 0.138 e. The van der Waals surface area contributed by atoms with Gasteiger partial charge in [-0.25, -0.2) is 9.97 Å². The Bertz CT molecular complexity index is 595. The predicted molar refractivity (Wildman–Crippen MR) is 82.6 cm³/mol. The molecule has 0 saturated carbocycles. The first-order valence-electron chi connectivity index (χ1n) is 7.18. The third kappa shape index (κ3) is 2.59. The van der Waals surface area contributed by atoms with Crippen LogP contribution in [-0.2, 0) is 6.42 Å². The van der Waals surface area contributed by atoms with E-state index in [2.05, 4.69) is 58.3 Å². The van der Waals surface area contributed by atoms with Gasteiger partial charge in [0.2, 0.25) is 0 Å². The van der Waals surface area contributed by atoms with Crippen molar-refractivity contribution >= 4 is 17.3 Å². The number of rotatable bonds is 3. The van der Waals surface area contributed by atoms with Crippen molar-refractivity contribution in [1.29, 1.82) is 0 Å². The van der Waals surface area contributed by atoms with E-state index in [9.17, 15) is 0 Å². The van der Waals surface area contributed by atoms with Crippen molar-refractivity contribution in [1.82, 2.24) is 9.97 Å². The Morgan fingerprint density at radius 2 is 2.05 bits per heavy atom. The van der Waals surface area contributed by atoms with Crippen LogP contribution in [0.2, 0.25) is 0 Å². The molecule has 0 unspecified atom stereocenters. The minimum atomic E-state index is 0.367. The van der Waals surface area contributed by atoms with E-state index >= 15 is 0 Å². The van der Waals surface area contributed by atoms with Crippen molar-refractivity contribution in [3.05, 3.63) is 42.2 Å². The molecule has 1 N–H and O–H groups in total. The van der Waals surface area contributed by atoms with Crippen LogP contribution < -0.4 is 10.2 Å². The van der Waals surface area contributed by atoms with Gasteiger partial charge in [-0.1, -0.05) is 18.2 Å². The summed E-state index contributed by atoms with van der Waals surface area (Å²) in [5.74, 6) is 1.85. The van der Waals surface area contributed by atoms with Gasteiger partial charge in [0.25, 0.3) is 0 Å². The normalized spacial score (nSPS) is 14.2. The van der Waals surface area contributed by atoms with Crippen molar-refractivity contribution in [2.75, 3.05) is 16.8 Å². The lowest BCUT2D eigenvalue weighted by Gasteiger charge is -2.30. The van der Waals surface area contributed by atoms with Crippen molar-refractivity contribution in [3.8, 4) is 0 Å². The first-order chi connectivity index (χ1) is 9.74. The highest BCUT2D eigenvalue weighted by molar-refractivity contribution is 5.66. The molecule has 4 nitrogen and oxygen atoms in total. The number of nitrogens with one attached hydrogen (secondary N) is 1. The molecule has 0 saturated heterocycles. The van der Waals surface area contributed by atoms with Crippen LogP contribution in [0.4, 0.5) is 17.3 Å². The van der Waals surface area contributed by atoms with E-state index in [4.69, 9.17) is 0 Å². The Morgan fingerprint density at radius 1 is 1.20 bits per heavy atom. The number of hydrogen-bond donors (Lipinski definition) is 1. The fourth-order valence-electron chi connectivity index (χ4n) is 2.64. The summed E-state index contributed by atoms with van der Waals surface area (Å²) in [5.41, 5.74) is 2.67. The van der Waals surface area contributed by atoms with Gasteiger partial charge in [-0.05, 0) is 38.3 Å². The second kappa shape index (κ2) is 5.49. The molecule has 1 aromatic carbocycles. The number of hydrogen-bond acceptors (Lipinski definition) is 4. The second-order valence-electron chi connectivity index (χ2n) is 5.44. The highest BCUT2D eigenvalue weighted by Crippen LogP contribution is 2.32. The summed E-state index contributed by atoms with van der Waals surface area (Å²) in [6.07, 6.45) is 3.94. The fraction of sp³-hybridized carbons (Fsp3) is 0.375. The molecule has 1 aliphatic heterocycles. The number of nitrogens with zero attached hydrogens (tertiary/aromatic N) is 3. The van der Waals surface area contributed by atoms with Gasteiger partial charge in [-0.2, -0.15) is 0 Å². The van der Waals surface area contributed by atoms with Gasteiger partial charge >= 0.3 is 0 Å². The average Bonchev–Trinajstić information content (AvgIpc) is 2.46. The third-order valence-corrected chi connectivity index (χ3v) is 3.48. The highest BCUT2D eigenvalue weighted by Gasteiger charge is 2.19. The quantitative estimate of drug-likeness (QED) is 0.926. The Kier molecular flexibility index (Phi) is 3.54. The van der Waals surface area contributed by atoms with Gasteiger partial charge in [0.05, 0.1) is 0 Å². The van der Waals surface area contributed by atoms with Gasteiger partial charge in [-0.3, -0.25) is 0 Å². The van der Waals surface area contributed by atoms with E-state index in [1.54, 1.807) is 6.33 Å². The summed E-state index contributed by atoms with van der Waals surface area (Å²) in [6.45, 7) is 5.23. The first-order valence-corrected chi connectivity index (χ1v) is 7.18. The molecule has 0 bridgehead atoms. The first kappa shape index (κ1) is 12.9. The lowest BCUT2D eigenvalue weighted by molar-refractivity contribution is 0.758. The molecule has 0 spiro atoms. The van der Waals surface area contributed by atoms with Crippen LogP contribution in [0.1, 0.15) is 25.8 Å². The summed E-state index contributed by atoms with van der Waals surface area (Å²) in [7, 11) is 0. The summed E-state index contributed by atoms with van der Waals surface area (Å²) >= 11 is 0.